The molecule has 0 aliphatic carbocycles. The number of quaternary nitrogens is 1. The van der Waals surface area contributed by atoms with E-state index in [9.17, 15) is 9.18 Å². The number of hydrogen-bond acceptors (Lipinski definition) is 1. The summed E-state index contributed by atoms with van der Waals surface area (Å²) in [6.07, 6.45) is 5.78. The van der Waals surface area contributed by atoms with Gasteiger partial charge in [-0.15, -0.1) is 0 Å². The van der Waals surface area contributed by atoms with Crippen LogP contribution in [-0.4, -0.2) is 36.1 Å². The zero-order chi connectivity index (χ0) is 17.7. The van der Waals surface area contributed by atoms with Gasteiger partial charge in [-0.2, -0.15) is 0 Å². The molecule has 1 aliphatic rings. The Labute approximate surface area is 145 Å². The first kappa shape index (κ1) is 18.9. The summed E-state index contributed by atoms with van der Waals surface area (Å²) in [6.45, 7) is 11.2. The Bertz CT molecular complexity index is 554. The van der Waals surface area contributed by atoms with E-state index < -0.39 is 0 Å². The second kappa shape index (κ2) is 8.11. The van der Waals surface area contributed by atoms with Gasteiger partial charge in [-0.25, -0.2) is 4.39 Å². The fourth-order valence-corrected chi connectivity index (χ4v) is 4.30. The number of likely N-dealkylation sites (N-methyl/N-ethyl adjacent to an activating group) is 1. The highest BCUT2D eigenvalue weighted by atomic mass is 19.1. The van der Waals surface area contributed by atoms with Gasteiger partial charge in [0.25, 0.3) is 5.91 Å². The highest BCUT2D eigenvalue weighted by molar-refractivity contribution is 5.95. The molecule has 1 aliphatic heterocycles. The molecule has 0 radical (unpaired) electrons. The maximum absolute atomic E-state index is 13.5. The van der Waals surface area contributed by atoms with E-state index in [2.05, 4.69) is 19.2 Å². The van der Waals surface area contributed by atoms with Crippen LogP contribution in [0.3, 0.4) is 0 Å². The van der Waals surface area contributed by atoms with Crippen LogP contribution < -0.4 is 5.32 Å². The van der Waals surface area contributed by atoms with Gasteiger partial charge in [0.1, 0.15) is 5.82 Å². The average molecular weight is 335 g/mol. The lowest BCUT2D eigenvalue weighted by molar-refractivity contribution is -0.940. The van der Waals surface area contributed by atoms with Gasteiger partial charge in [0.15, 0.2) is 6.04 Å². The van der Waals surface area contributed by atoms with Crippen LogP contribution in [0.4, 0.5) is 10.1 Å². The van der Waals surface area contributed by atoms with Gasteiger partial charge in [0.2, 0.25) is 0 Å². The number of hydrogen-bond donors (Lipinski definition) is 1. The van der Waals surface area contributed by atoms with E-state index >= 15 is 0 Å². The van der Waals surface area contributed by atoms with Crippen LogP contribution in [0.1, 0.15) is 57.1 Å². The van der Waals surface area contributed by atoms with Crippen molar-refractivity contribution in [1.29, 1.82) is 0 Å². The summed E-state index contributed by atoms with van der Waals surface area (Å²) in [7, 11) is 0. The van der Waals surface area contributed by atoms with E-state index in [4.69, 9.17) is 0 Å². The third-order valence-corrected chi connectivity index (χ3v) is 5.68. The van der Waals surface area contributed by atoms with Crippen molar-refractivity contribution in [3.05, 3.63) is 29.1 Å². The number of halogens is 1. The highest BCUT2D eigenvalue weighted by Crippen LogP contribution is 2.27. The minimum atomic E-state index is -0.250. The van der Waals surface area contributed by atoms with Crippen molar-refractivity contribution in [2.45, 2.75) is 65.8 Å². The lowest BCUT2D eigenvalue weighted by atomic mass is 10.0. The predicted molar refractivity (Wildman–Crippen MR) is 97.6 cm³/mol. The van der Waals surface area contributed by atoms with Crippen LogP contribution in [0, 0.1) is 19.7 Å². The lowest BCUT2D eigenvalue weighted by Gasteiger charge is -2.42. The highest BCUT2D eigenvalue weighted by Gasteiger charge is 2.39. The quantitative estimate of drug-likeness (QED) is 0.785. The number of amides is 1. The second-order valence-corrected chi connectivity index (χ2v) is 7.22. The van der Waals surface area contributed by atoms with Crippen LogP contribution >= 0.6 is 0 Å². The third-order valence-electron chi connectivity index (χ3n) is 5.68. The topological polar surface area (TPSA) is 29.1 Å². The summed E-state index contributed by atoms with van der Waals surface area (Å²) >= 11 is 0. The van der Waals surface area contributed by atoms with Gasteiger partial charge in [-0.1, -0.05) is 6.92 Å². The molecule has 1 fully saturated rings. The number of aryl methyl sites for hydroxylation is 2. The smallest absolute Gasteiger partial charge is 0.282 e. The summed E-state index contributed by atoms with van der Waals surface area (Å²) in [5, 5.41) is 3.11. The molecule has 0 bridgehead atoms. The van der Waals surface area contributed by atoms with Crippen molar-refractivity contribution in [2.24, 2.45) is 0 Å². The van der Waals surface area contributed by atoms with Crippen molar-refractivity contribution in [2.75, 3.05) is 25.0 Å². The Morgan fingerprint density at radius 3 is 2.12 bits per heavy atom. The maximum atomic E-state index is 13.5. The molecular weight excluding hydrogens is 303 g/mol. The standard InChI is InChI=1S/C20H31FN2O/c1-5-18(23(6-2)11-9-7-8-10-12-23)20(24)22-19-15(3)13-17(21)14-16(19)4/h13-14,18H,5-12H2,1-4H3/p+1. The molecule has 0 aromatic heterocycles. The molecule has 1 atom stereocenters. The van der Waals surface area contributed by atoms with E-state index in [0.717, 1.165) is 47.4 Å². The number of anilines is 1. The van der Waals surface area contributed by atoms with E-state index in [-0.39, 0.29) is 17.8 Å². The summed E-state index contributed by atoms with van der Waals surface area (Å²) in [6, 6.07) is 2.94. The number of rotatable bonds is 5. The lowest BCUT2D eigenvalue weighted by Crippen LogP contribution is -2.60. The minimum Gasteiger partial charge on any atom is -0.320 e. The second-order valence-electron chi connectivity index (χ2n) is 7.22. The molecule has 1 amide bonds. The Hall–Kier alpha value is -1.42. The molecule has 1 N–H and O–H groups in total. The number of carbonyl (C=O) groups excluding carboxylic acids is 1. The van der Waals surface area contributed by atoms with Gasteiger partial charge in [-0.05, 0) is 69.7 Å². The molecular formula is C20H32FN2O+. The van der Waals surface area contributed by atoms with E-state index in [1.165, 1.54) is 37.8 Å². The number of carbonyl (C=O) groups is 1. The van der Waals surface area contributed by atoms with Gasteiger partial charge >= 0.3 is 0 Å². The molecule has 1 unspecified atom stereocenters. The normalized spacial score (nSPS) is 18.7. The van der Waals surface area contributed by atoms with Gasteiger partial charge in [0.05, 0.1) is 19.6 Å². The third kappa shape index (κ3) is 3.97. The van der Waals surface area contributed by atoms with Crippen LogP contribution in [0.15, 0.2) is 12.1 Å². The molecule has 24 heavy (non-hydrogen) atoms. The Morgan fingerprint density at radius 1 is 1.12 bits per heavy atom. The average Bonchev–Trinajstić information content (AvgIpc) is 2.78. The first-order valence-corrected chi connectivity index (χ1v) is 9.37. The molecule has 134 valence electrons. The van der Waals surface area contributed by atoms with Crippen molar-refractivity contribution >= 4 is 11.6 Å². The summed E-state index contributed by atoms with van der Waals surface area (Å²) in [5.41, 5.74) is 2.34. The maximum Gasteiger partial charge on any atom is 0.282 e. The number of likely N-dealkylation sites (tertiary alicyclic amines) is 1. The molecule has 3 nitrogen and oxygen atoms in total. The molecule has 1 heterocycles. The first-order chi connectivity index (χ1) is 11.4. The van der Waals surface area contributed by atoms with E-state index in [0.29, 0.717) is 0 Å². The zero-order valence-electron chi connectivity index (χ0n) is 15.6. The summed E-state index contributed by atoms with van der Waals surface area (Å²) < 4.78 is 14.4. The largest absolute Gasteiger partial charge is 0.320 e. The fraction of sp³-hybridized carbons (Fsp3) is 0.650. The first-order valence-electron chi connectivity index (χ1n) is 9.37. The van der Waals surface area contributed by atoms with Crippen molar-refractivity contribution in [1.82, 2.24) is 0 Å². The van der Waals surface area contributed by atoms with E-state index in [1.54, 1.807) is 0 Å². The summed E-state index contributed by atoms with van der Waals surface area (Å²) in [5.74, 6) is -0.168. The minimum absolute atomic E-state index is 0.0306. The predicted octanol–water partition coefficient (Wildman–Crippen LogP) is 4.57. The molecule has 1 aromatic rings. The van der Waals surface area contributed by atoms with Crippen LogP contribution in [0.25, 0.3) is 0 Å². The Balaban J connectivity index is 2.25. The number of nitrogens with one attached hydrogen (secondary N) is 1. The summed E-state index contributed by atoms with van der Waals surface area (Å²) in [4.78, 5) is 13.1. The van der Waals surface area contributed by atoms with Gasteiger partial charge < -0.3 is 9.80 Å². The zero-order valence-corrected chi connectivity index (χ0v) is 15.6. The number of benzene rings is 1. The van der Waals surface area contributed by atoms with Crippen molar-refractivity contribution in [3.63, 3.8) is 0 Å². The van der Waals surface area contributed by atoms with E-state index in [1.807, 2.05) is 13.8 Å². The van der Waals surface area contributed by atoms with Crippen molar-refractivity contribution in [3.8, 4) is 0 Å². The van der Waals surface area contributed by atoms with Crippen molar-refractivity contribution < 1.29 is 13.7 Å². The van der Waals surface area contributed by atoms with Crippen LogP contribution in [0.2, 0.25) is 0 Å². The van der Waals surface area contributed by atoms with Crippen LogP contribution in [0.5, 0.6) is 0 Å². The fourth-order valence-electron chi connectivity index (χ4n) is 4.30. The molecule has 1 aromatic carbocycles. The van der Waals surface area contributed by atoms with Gasteiger partial charge in [-0.3, -0.25) is 4.79 Å². The Morgan fingerprint density at radius 2 is 1.67 bits per heavy atom. The molecule has 0 saturated carbocycles. The monoisotopic (exact) mass is 335 g/mol. The molecule has 1 saturated heterocycles. The number of nitrogens with zero attached hydrogens (tertiary/aromatic N) is 1. The molecule has 0 spiro atoms. The van der Waals surface area contributed by atoms with Crippen LogP contribution in [-0.2, 0) is 4.79 Å². The SMILES string of the molecule is CCC(C(=O)Nc1c(C)cc(F)cc1C)[N+]1(CC)CCCCCC1. The molecule has 2 rings (SSSR count). The van der Waals surface area contributed by atoms with Gasteiger partial charge in [0, 0.05) is 12.1 Å². The molecule has 4 heteroatoms. The Kier molecular flexibility index (Phi) is 6.39.